The van der Waals surface area contributed by atoms with E-state index in [-0.39, 0.29) is 55.8 Å². The number of aromatic hydroxyl groups is 1. The van der Waals surface area contributed by atoms with Gasteiger partial charge in [-0.2, -0.15) is 0 Å². The first-order valence-corrected chi connectivity index (χ1v) is 16.3. The third-order valence-corrected chi connectivity index (χ3v) is 7.23. The fourth-order valence-corrected chi connectivity index (χ4v) is 4.68. The lowest BCUT2D eigenvalue weighted by Crippen LogP contribution is -2.58. The number of phenols is 1. The molecular weight excluding hydrogens is 654 g/mol. The van der Waals surface area contributed by atoms with Crippen LogP contribution in [-0.2, 0) is 35.2 Å². The van der Waals surface area contributed by atoms with Gasteiger partial charge >= 0.3 is 5.97 Å². The van der Waals surface area contributed by atoms with Crippen molar-refractivity contribution in [3.05, 3.63) is 29.8 Å². The van der Waals surface area contributed by atoms with Crippen molar-refractivity contribution in [1.29, 1.82) is 0 Å². The van der Waals surface area contributed by atoms with Crippen molar-refractivity contribution in [1.82, 2.24) is 26.6 Å². The zero-order chi connectivity index (χ0) is 38.0. The first-order valence-electron chi connectivity index (χ1n) is 16.3. The molecule has 280 valence electrons. The van der Waals surface area contributed by atoms with Crippen LogP contribution >= 0.6 is 0 Å². The van der Waals surface area contributed by atoms with Gasteiger partial charge in [-0.15, -0.1) is 0 Å². The van der Waals surface area contributed by atoms with Crippen LogP contribution in [-0.4, -0.2) is 107 Å². The molecule has 0 saturated heterocycles. The van der Waals surface area contributed by atoms with E-state index in [1.54, 1.807) is 0 Å². The van der Waals surface area contributed by atoms with E-state index in [0.29, 0.717) is 12.0 Å². The number of benzene rings is 1. The first kappa shape index (κ1) is 43.1. The minimum atomic E-state index is -1.58. The lowest BCUT2D eigenvalue weighted by atomic mass is 9.99. The highest BCUT2D eigenvalue weighted by Gasteiger charge is 2.31. The third-order valence-electron chi connectivity index (χ3n) is 7.23. The fourth-order valence-electron chi connectivity index (χ4n) is 4.68. The Hall–Kier alpha value is -4.97. The number of carboxylic acids is 1. The van der Waals surface area contributed by atoms with E-state index in [1.807, 2.05) is 27.7 Å². The molecule has 0 fully saturated rings. The molecule has 0 radical (unpaired) electrons. The number of nitrogens with zero attached hydrogens (tertiary/aromatic N) is 1. The largest absolute Gasteiger partial charge is 0.508 e. The van der Waals surface area contributed by atoms with Gasteiger partial charge in [-0.1, -0.05) is 39.8 Å². The number of hydrogen-bond acceptors (Lipinski definition) is 10. The van der Waals surface area contributed by atoms with Crippen molar-refractivity contribution < 1.29 is 44.1 Å². The summed E-state index contributed by atoms with van der Waals surface area (Å²) in [4.78, 5) is 80.6. The summed E-state index contributed by atoms with van der Waals surface area (Å²) in [6.07, 6.45) is 1.01. The number of aliphatic imine (C=N–C) groups is 1. The molecule has 1 aromatic rings. The summed E-state index contributed by atoms with van der Waals surface area (Å²) in [6, 6.07) is -0.120. The number of nitrogens with two attached hydrogens (primary N) is 3. The van der Waals surface area contributed by atoms with Crippen molar-refractivity contribution in [2.24, 2.45) is 34.0 Å². The molecule has 1 aromatic carbocycles. The number of aliphatic carboxylic acids is 1. The summed E-state index contributed by atoms with van der Waals surface area (Å²) >= 11 is 0. The Kier molecular flexibility index (Phi) is 18.8. The summed E-state index contributed by atoms with van der Waals surface area (Å²) in [6.45, 7) is 6.13. The van der Waals surface area contributed by atoms with E-state index in [2.05, 4.69) is 31.6 Å². The van der Waals surface area contributed by atoms with E-state index in [1.165, 1.54) is 24.3 Å². The Balaban J connectivity index is 3.15. The quantitative estimate of drug-likeness (QED) is 0.0340. The number of nitrogens with one attached hydrogen (secondary N) is 5. The van der Waals surface area contributed by atoms with Crippen molar-refractivity contribution in [3.8, 4) is 5.75 Å². The molecule has 5 atom stereocenters. The highest BCUT2D eigenvalue weighted by Crippen LogP contribution is 2.13. The predicted molar refractivity (Wildman–Crippen MR) is 184 cm³/mol. The number of hydrogen-bond donors (Lipinski definition) is 11. The van der Waals surface area contributed by atoms with Gasteiger partial charge in [-0.3, -0.25) is 29.0 Å². The maximum absolute atomic E-state index is 13.7. The standard InChI is InChI=1S/C32H53N9O9/c1-17(2)12-22(39-27(45)21(33)6-5-11-36-32(34)35)29(47)40-23(13-18(3)4)30(48)41-24(14-19-7-9-20(43)10-8-19)28(46)37-15-26(44)38-25(16-42)31(49)50/h7-10,17-18,21-25,42-43H,5-6,11-16,33H2,1-4H3,(H,37,46)(H,38,44)(H,39,45)(H,40,47)(H,41,48)(H,49,50)(H4,34,35,36)/t21-,22-,23-,24-,25-/m0/s1. The molecule has 50 heavy (non-hydrogen) atoms. The number of aliphatic hydroxyl groups is 1. The topological polar surface area (TPSA) is 314 Å². The smallest absolute Gasteiger partial charge is 0.328 e. The van der Waals surface area contributed by atoms with Gasteiger partial charge in [0, 0.05) is 13.0 Å². The van der Waals surface area contributed by atoms with Crippen LogP contribution in [0.15, 0.2) is 29.3 Å². The van der Waals surface area contributed by atoms with Gasteiger partial charge in [0.2, 0.25) is 29.5 Å². The second kappa shape index (κ2) is 21.9. The number of carboxylic acid groups (broad SMARTS) is 1. The van der Waals surface area contributed by atoms with Gasteiger partial charge in [0.15, 0.2) is 5.96 Å². The zero-order valence-corrected chi connectivity index (χ0v) is 29.0. The Morgan fingerprint density at radius 2 is 1.28 bits per heavy atom. The molecular formula is C32H53N9O9. The number of rotatable bonds is 22. The van der Waals surface area contributed by atoms with Crippen LogP contribution in [0, 0.1) is 11.8 Å². The number of aliphatic hydroxyl groups excluding tert-OH is 1. The molecule has 5 amide bonds. The molecule has 0 aliphatic rings. The Bertz CT molecular complexity index is 1320. The minimum Gasteiger partial charge on any atom is -0.508 e. The van der Waals surface area contributed by atoms with Gasteiger partial charge in [0.1, 0.15) is 29.9 Å². The van der Waals surface area contributed by atoms with Gasteiger partial charge in [0.05, 0.1) is 19.2 Å². The van der Waals surface area contributed by atoms with Gasteiger partial charge in [0.25, 0.3) is 0 Å². The maximum atomic E-state index is 13.7. The highest BCUT2D eigenvalue weighted by molar-refractivity contribution is 5.95. The Morgan fingerprint density at radius 1 is 0.760 bits per heavy atom. The average molecular weight is 708 g/mol. The van der Waals surface area contributed by atoms with Crippen LogP contribution in [0.1, 0.15) is 58.9 Å². The van der Waals surface area contributed by atoms with Gasteiger partial charge in [-0.25, -0.2) is 4.79 Å². The van der Waals surface area contributed by atoms with Crippen LogP contribution in [0.5, 0.6) is 5.75 Å². The van der Waals surface area contributed by atoms with Crippen molar-refractivity contribution in [2.75, 3.05) is 19.7 Å². The summed E-state index contributed by atoms with van der Waals surface area (Å²) in [7, 11) is 0. The molecule has 0 unspecified atom stereocenters. The monoisotopic (exact) mass is 707 g/mol. The molecule has 0 bridgehead atoms. The summed E-state index contributed by atoms with van der Waals surface area (Å²) < 4.78 is 0. The molecule has 0 aromatic heterocycles. The summed E-state index contributed by atoms with van der Waals surface area (Å²) in [5, 5.41) is 40.3. The van der Waals surface area contributed by atoms with Crippen LogP contribution in [0.2, 0.25) is 0 Å². The molecule has 0 saturated carbocycles. The third kappa shape index (κ3) is 16.9. The highest BCUT2D eigenvalue weighted by atomic mass is 16.4. The molecule has 0 spiro atoms. The van der Waals surface area contributed by atoms with E-state index >= 15 is 0 Å². The van der Waals surface area contributed by atoms with Gasteiger partial charge < -0.3 is 59.1 Å². The molecule has 14 N–H and O–H groups in total. The van der Waals surface area contributed by atoms with Crippen molar-refractivity contribution >= 4 is 41.5 Å². The number of phenolic OH excluding ortho intramolecular Hbond substituents is 1. The molecule has 0 heterocycles. The number of guanidine groups is 1. The summed E-state index contributed by atoms with van der Waals surface area (Å²) in [5.74, 6) is -5.31. The van der Waals surface area contributed by atoms with E-state index in [0.717, 1.165) is 0 Å². The van der Waals surface area contributed by atoms with Crippen molar-refractivity contribution in [2.45, 2.75) is 90.0 Å². The summed E-state index contributed by atoms with van der Waals surface area (Å²) in [5.41, 5.74) is 17.2. The predicted octanol–water partition coefficient (Wildman–Crippen LogP) is -2.46. The lowest BCUT2D eigenvalue weighted by Gasteiger charge is -2.27. The molecule has 18 heteroatoms. The molecule has 0 aliphatic heterocycles. The van der Waals surface area contributed by atoms with Crippen LogP contribution in [0.25, 0.3) is 0 Å². The number of carbonyl (C=O) groups is 6. The zero-order valence-electron chi connectivity index (χ0n) is 29.0. The second-order valence-electron chi connectivity index (χ2n) is 12.7. The second-order valence-corrected chi connectivity index (χ2v) is 12.7. The Labute approximate surface area is 291 Å². The normalized spacial score (nSPS) is 14.0. The first-order chi connectivity index (χ1) is 23.4. The lowest BCUT2D eigenvalue weighted by molar-refractivity contribution is -0.142. The van der Waals surface area contributed by atoms with Crippen molar-refractivity contribution in [3.63, 3.8) is 0 Å². The van der Waals surface area contributed by atoms with E-state index in [9.17, 15) is 33.9 Å². The number of amides is 5. The molecule has 18 nitrogen and oxygen atoms in total. The van der Waals surface area contributed by atoms with Crippen LogP contribution in [0.4, 0.5) is 0 Å². The van der Waals surface area contributed by atoms with E-state index in [4.69, 9.17) is 27.4 Å². The number of carbonyl (C=O) groups excluding carboxylic acids is 5. The Morgan fingerprint density at radius 3 is 1.76 bits per heavy atom. The SMILES string of the molecule is CC(C)C[C@H](NC(=O)[C@H](CC(C)C)NC(=O)[C@@H](N)CCCN=C(N)N)C(=O)N[C@@H](Cc1ccc(O)cc1)C(=O)NCC(=O)N[C@@H](CO)C(=O)O. The fraction of sp³-hybridized carbons (Fsp3) is 0.594. The minimum absolute atomic E-state index is 0.0259. The molecule has 0 aliphatic carbocycles. The van der Waals surface area contributed by atoms with Crippen LogP contribution < -0.4 is 43.8 Å². The maximum Gasteiger partial charge on any atom is 0.328 e. The van der Waals surface area contributed by atoms with Crippen LogP contribution in [0.3, 0.4) is 0 Å². The average Bonchev–Trinajstić information content (AvgIpc) is 3.03. The molecule has 1 rings (SSSR count). The van der Waals surface area contributed by atoms with Gasteiger partial charge in [-0.05, 0) is 55.2 Å². The van der Waals surface area contributed by atoms with E-state index < -0.39 is 78.9 Å².